The molecule has 0 bridgehead atoms. The minimum Gasteiger partial charge on any atom is -0.313 e. The van der Waals surface area contributed by atoms with Crippen LogP contribution in [0.15, 0.2) is 24.4 Å². The van der Waals surface area contributed by atoms with Gasteiger partial charge in [-0.25, -0.2) is 9.37 Å². The highest BCUT2D eigenvalue weighted by Crippen LogP contribution is 2.36. The summed E-state index contributed by atoms with van der Waals surface area (Å²) in [6, 6.07) is 4.41. The van der Waals surface area contributed by atoms with Gasteiger partial charge >= 0.3 is 6.18 Å². The van der Waals surface area contributed by atoms with Crippen LogP contribution in [0.2, 0.25) is 0 Å². The molecular formula is C13H12F4N2S. The van der Waals surface area contributed by atoms with Crippen LogP contribution in [0.25, 0.3) is 10.4 Å². The van der Waals surface area contributed by atoms with E-state index in [9.17, 15) is 17.6 Å². The number of thiazole rings is 1. The van der Waals surface area contributed by atoms with E-state index in [1.165, 1.54) is 6.07 Å². The molecule has 0 aliphatic heterocycles. The number of nitrogens with one attached hydrogen (secondary N) is 1. The average molecular weight is 304 g/mol. The number of aromatic nitrogens is 1. The fraction of sp³-hybridized carbons (Fsp3) is 0.308. The lowest BCUT2D eigenvalue weighted by Gasteiger charge is -2.05. The molecule has 1 heterocycles. The van der Waals surface area contributed by atoms with Gasteiger partial charge in [0.05, 0.1) is 4.88 Å². The van der Waals surface area contributed by atoms with Crippen molar-refractivity contribution in [3.63, 3.8) is 0 Å². The Labute approximate surface area is 117 Å². The van der Waals surface area contributed by atoms with Crippen LogP contribution in [0.3, 0.4) is 0 Å². The van der Waals surface area contributed by atoms with E-state index < -0.39 is 17.0 Å². The molecule has 0 aliphatic carbocycles. The predicted octanol–water partition coefficient (Wildman–Crippen LogP) is 4.08. The number of hydrogen-bond acceptors (Lipinski definition) is 3. The van der Waals surface area contributed by atoms with E-state index in [1.54, 1.807) is 12.1 Å². The van der Waals surface area contributed by atoms with Crippen molar-refractivity contribution in [2.75, 3.05) is 6.54 Å². The maximum absolute atomic E-state index is 13.8. The third-order valence-electron chi connectivity index (χ3n) is 2.65. The second-order valence-corrected chi connectivity index (χ2v) is 5.14. The van der Waals surface area contributed by atoms with E-state index in [2.05, 4.69) is 10.3 Å². The summed E-state index contributed by atoms with van der Waals surface area (Å²) in [5.74, 6) is -0.439. The van der Waals surface area contributed by atoms with Crippen molar-refractivity contribution in [1.29, 1.82) is 0 Å². The fourth-order valence-electron chi connectivity index (χ4n) is 1.64. The molecule has 7 heteroatoms. The Morgan fingerprint density at radius 2 is 2.05 bits per heavy atom. The molecule has 20 heavy (non-hydrogen) atoms. The van der Waals surface area contributed by atoms with Crippen molar-refractivity contribution < 1.29 is 17.6 Å². The summed E-state index contributed by atoms with van der Waals surface area (Å²) in [6.45, 7) is 3.01. The van der Waals surface area contributed by atoms with Crippen LogP contribution < -0.4 is 5.32 Å². The number of nitrogens with zero attached hydrogens (tertiary/aromatic N) is 1. The van der Waals surface area contributed by atoms with Gasteiger partial charge < -0.3 is 5.32 Å². The van der Waals surface area contributed by atoms with Gasteiger partial charge in [0.15, 0.2) is 5.01 Å². The molecule has 0 unspecified atom stereocenters. The van der Waals surface area contributed by atoms with Crippen molar-refractivity contribution in [2.24, 2.45) is 0 Å². The topological polar surface area (TPSA) is 24.9 Å². The minimum atomic E-state index is -4.47. The second-order valence-electron chi connectivity index (χ2n) is 4.11. The van der Waals surface area contributed by atoms with E-state index in [0.717, 1.165) is 6.20 Å². The molecule has 1 N–H and O–H groups in total. The number of alkyl halides is 3. The summed E-state index contributed by atoms with van der Waals surface area (Å²) in [5.41, 5.74) is 0.881. The van der Waals surface area contributed by atoms with E-state index in [1.807, 2.05) is 6.92 Å². The number of benzene rings is 1. The highest BCUT2D eigenvalue weighted by Gasteiger charge is 2.34. The standard InChI is InChI=1S/C13H12F4N2S/c1-2-18-6-9-4-3-8(5-10(9)14)11-7-19-12(20-11)13(15,16)17/h3-5,7,18H,2,6H2,1H3. The Morgan fingerprint density at radius 1 is 1.30 bits per heavy atom. The summed E-state index contributed by atoms with van der Waals surface area (Å²) in [4.78, 5) is 3.62. The van der Waals surface area contributed by atoms with E-state index >= 15 is 0 Å². The van der Waals surface area contributed by atoms with Crippen LogP contribution in [0.4, 0.5) is 17.6 Å². The first-order valence-electron chi connectivity index (χ1n) is 5.94. The minimum absolute atomic E-state index is 0.297. The van der Waals surface area contributed by atoms with Crippen LogP contribution in [0.5, 0.6) is 0 Å². The molecule has 108 valence electrons. The van der Waals surface area contributed by atoms with Crippen molar-refractivity contribution in [2.45, 2.75) is 19.6 Å². The summed E-state index contributed by atoms with van der Waals surface area (Å²) < 4.78 is 51.2. The second kappa shape index (κ2) is 5.88. The highest BCUT2D eigenvalue weighted by molar-refractivity contribution is 7.15. The molecule has 2 nitrogen and oxygen atoms in total. The summed E-state index contributed by atoms with van der Waals surface area (Å²) in [5, 5.41) is 2.06. The van der Waals surface area contributed by atoms with Crippen LogP contribution >= 0.6 is 11.3 Å². The van der Waals surface area contributed by atoms with Crippen molar-refractivity contribution >= 4 is 11.3 Å². The normalized spacial score (nSPS) is 11.8. The van der Waals surface area contributed by atoms with E-state index in [4.69, 9.17) is 0 Å². The lowest BCUT2D eigenvalue weighted by Crippen LogP contribution is -2.12. The highest BCUT2D eigenvalue weighted by atomic mass is 32.1. The van der Waals surface area contributed by atoms with Gasteiger partial charge in [0.1, 0.15) is 5.82 Å². The van der Waals surface area contributed by atoms with E-state index in [-0.39, 0.29) is 0 Å². The lowest BCUT2D eigenvalue weighted by molar-refractivity contribution is -0.137. The Kier molecular flexibility index (Phi) is 4.39. The van der Waals surface area contributed by atoms with Gasteiger partial charge in [-0.1, -0.05) is 19.1 Å². The molecule has 2 rings (SSSR count). The molecule has 1 aromatic heterocycles. The maximum Gasteiger partial charge on any atom is 0.443 e. The Morgan fingerprint density at radius 3 is 2.60 bits per heavy atom. The summed E-state index contributed by atoms with van der Waals surface area (Å²) >= 11 is 0.507. The fourth-order valence-corrected chi connectivity index (χ4v) is 2.42. The first kappa shape index (κ1) is 14.9. The van der Waals surface area contributed by atoms with Gasteiger partial charge in [0.2, 0.25) is 0 Å². The van der Waals surface area contributed by atoms with Crippen LogP contribution in [-0.2, 0) is 12.7 Å². The van der Waals surface area contributed by atoms with Crippen LogP contribution in [0.1, 0.15) is 17.5 Å². The molecule has 0 radical (unpaired) electrons. The van der Waals surface area contributed by atoms with Gasteiger partial charge in [-0.2, -0.15) is 13.2 Å². The third-order valence-corrected chi connectivity index (χ3v) is 3.74. The smallest absolute Gasteiger partial charge is 0.313 e. The summed E-state index contributed by atoms with van der Waals surface area (Å²) in [6.07, 6.45) is -3.35. The Balaban J connectivity index is 2.25. The third kappa shape index (κ3) is 3.34. The molecule has 2 aromatic rings. The molecule has 0 saturated heterocycles. The zero-order valence-electron chi connectivity index (χ0n) is 10.6. The van der Waals surface area contributed by atoms with Gasteiger partial charge in [-0.05, 0) is 18.2 Å². The maximum atomic E-state index is 13.8. The molecule has 0 fully saturated rings. The molecule has 0 amide bonds. The van der Waals surface area contributed by atoms with Gasteiger partial charge in [-0.15, -0.1) is 11.3 Å². The van der Waals surface area contributed by atoms with Crippen LogP contribution in [-0.4, -0.2) is 11.5 Å². The van der Waals surface area contributed by atoms with Crippen molar-refractivity contribution in [1.82, 2.24) is 10.3 Å². The van der Waals surface area contributed by atoms with Crippen LogP contribution in [0, 0.1) is 5.82 Å². The molecule has 0 spiro atoms. The Hall–Kier alpha value is -1.47. The molecule has 0 aliphatic rings. The van der Waals surface area contributed by atoms with Crippen molar-refractivity contribution in [3.05, 3.63) is 40.8 Å². The molecule has 1 aromatic carbocycles. The van der Waals surface area contributed by atoms with Crippen molar-refractivity contribution in [3.8, 4) is 10.4 Å². The number of rotatable bonds is 4. The molecule has 0 saturated carbocycles. The first-order valence-corrected chi connectivity index (χ1v) is 6.76. The lowest BCUT2D eigenvalue weighted by atomic mass is 10.1. The SMILES string of the molecule is CCNCc1ccc(-c2cnc(C(F)(F)F)s2)cc1F. The molecular weight excluding hydrogens is 292 g/mol. The monoisotopic (exact) mass is 304 g/mol. The predicted molar refractivity (Wildman–Crippen MR) is 69.9 cm³/mol. The number of halogens is 4. The van der Waals surface area contributed by atoms with Gasteiger partial charge in [-0.3, -0.25) is 0 Å². The molecule has 0 atom stereocenters. The van der Waals surface area contributed by atoms with Gasteiger partial charge in [0, 0.05) is 18.3 Å². The van der Waals surface area contributed by atoms with Gasteiger partial charge in [0.25, 0.3) is 0 Å². The zero-order chi connectivity index (χ0) is 14.8. The average Bonchev–Trinajstić information content (AvgIpc) is 2.86. The number of hydrogen-bond donors (Lipinski definition) is 1. The first-order chi connectivity index (χ1) is 9.41. The summed E-state index contributed by atoms with van der Waals surface area (Å²) in [7, 11) is 0. The van der Waals surface area contributed by atoms with E-state index in [0.29, 0.717) is 40.4 Å². The largest absolute Gasteiger partial charge is 0.443 e. The Bertz CT molecular complexity index is 592. The quantitative estimate of drug-likeness (QED) is 0.861. The zero-order valence-corrected chi connectivity index (χ0v) is 11.4.